The molecule has 9 heteroatoms. The third-order valence-corrected chi connectivity index (χ3v) is 6.32. The lowest BCUT2D eigenvalue weighted by atomic mass is 9.90. The molecule has 4 rings (SSSR count). The van der Waals surface area contributed by atoms with Crippen LogP contribution in [0, 0.1) is 12.7 Å². The molecule has 0 atom stereocenters. The molecule has 1 aromatic heterocycles. The largest absolute Gasteiger partial charge is 0.444 e. The summed E-state index contributed by atoms with van der Waals surface area (Å²) in [4.78, 5) is 27.6. The molecule has 0 spiro atoms. The Hall–Kier alpha value is -3.39. The van der Waals surface area contributed by atoms with Gasteiger partial charge in [-0.25, -0.2) is 13.9 Å². The fraction of sp³-hybridized carbons (Fsp3) is 0.370. The molecule has 2 heterocycles. The Morgan fingerprint density at radius 2 is 1.86 bits per heavy atom. The summed E-state index contributed by atoms with van der Waals surface area (Å²) < 4.78 is 21.2. The second-order valence-corrected chi connectivity index (χ2v) is 10.4. The molecule has 1 saturated heterocycles. The maximum absolute atomic E-state index is 14.0. The molecule has 190 valence electrons. The van der Waals surface area contributed by atoms with E-state index in [0.29, 0.717) is 53.6 Å². The Bertz CT molecular complexity index is 1280. The van der Waals surface area contributed by atoms with Crippen molar-refractivity contribution in [3.63, 3.8) is 0 Å². The molecule has 1 N–H and O–H groups in total. The van der Waals surface area contributed by atoms with Gasteiger partial charge in [0.05, 0.1) is 33.9 Å². The summed E-state index contributed by atoms with van der Waals surface area (Å²) in [6.07, 6.45) is 2.35. The van der Waals surface area contributed by atoms with Gasteiger partial charge in [0.15, 0.2) is 0 Å². The molecule has 7 nitrogen and oxygen atoms in total. The van der Waals surface area contributed by atoms with Crippen LogP contribution < -0.4 is 5.32 Å². The number of ether oxygens (including phenoxy) is 1. The number of hydrogen-bond donors (Lipinski definition) is 1. The van der Waals surface area contributed by atoms with Gasteiger partial charge in [-0.1, -0.05) is 23.7 Å². The zero-order valence-electron chi connectivity index (χ0n) is 20.8. The molecule has 1 aliphatic heterocycles. The number of nitrogens with zero attached hydrogens (tertiary/aromatic N) is 3. The summed E-state index contributed by atoms with van der Waals surface area (Å²) in [5.41, 5.74) is 2.47. The Morgan fingerprint density at radius 3 is 2.50 bits per heavy atom. The Labute approximate surface area is 215 Å². The molecule has 0 aliphatic carbocycles. The number of benzene rings is 2. The quantitative estimate of drug-likeness (QED) is 0.442. The predicted octanol–water partition coefficient (Wildman–Crippen LogP) is 6.34. The van der Waals surface area contributed by atoms with Crippen LogP contribution in [-0.4, -0.2) is 45.4 Å². The van der Waals surface area contributed by atoms with Crippen molar-refractivity contribution >= 4 is 29.3 Å². The van der Waals surface area contributed by atoms with E-state index in [-0.39, 0.29) is 17.9 Å². The standard InChI is InChI=1S/C27H30ClFN4O3/c1-17-8-9-23(22(28)14-17)31-25(34)21-16-30-33(20-7-5-6-19(29)15-20)24(21)18-10-12-32(13-11-18)26(35)36-27(2,3)4/h5-9,14-16,18H,10-13H2,1-4H3,(H,31,34). The van der Waals surface area contributed by atoms with Crippen LogP contribution in [0.1, 0.15) is 61.1 Å². The van der Waals surface area contributed by atoms with Crippen molar-refractivity contribution < 1.29 is 18.7 Å². The number of aromatic nitrogens is 2. The maximum atomic E-state index is 14.0. The first-order chi connectivity index (χ1) is 17.0. The van der Waals surface area contributed by atoms with Gasteiger partial charge in [-0.3, -0.25) is 4.79 Å². The Morgan fingerprint density at radius 1 is 1.14 bits per heavy atom. The van der Waals surface area contributed by atoms with E-state index in [1.807, 2.05) is 33.8 Å². The van der Waals surface area contributed by atoms with Crippen molar-refractivity contribution in [2.24, 2.45) is 0 Å². The van der Waals surface area contributed by atoms with Crippen molar-refractivity contribution in [3.8, 4) is 5.69 Å². The van der Waals surface area contributed by atoms with Gasteiger partial charge in [0.25, 0.3) is 5.91 Å². The van der Waals surface area contributed by atoms with Crippen LogP contribution in [0.5, 0.6) is 0 Å². The van der Waals surface area contributed by atoms with Crippen molar-refractivity contribution in [2.75, 3.05) is 18.4 Å². The van der Waals surface area contributed by atoms with Gasteiger partial charge >= 0.3 is 6.09 Å². The summed E-state index contributed by atoms with van der Waals surface area (Å²) in [6, 6.07) is 11.5. The zero-order valence-corrected chi connectivity index (χ0v) is 21.6. The monoisotopic (exact) mass is 512 g/mol. The third kappa shape index (κ3) is 5.87. The average molecular weight is 513 g/mol. The van der Waals surface area contributed by atoms with E-state index in [1.165, 1.54) is 18.3 Å². The van der Waals surface area contributed by atoms with Crippen LogP contribution in [0.4, 0.5) is 14.9 Å². The van der Waals surface area contributed by atoms with Crippen LogP contribution in [0.15, 0.2) is 48.7 Å². The molecule has 2 amide bonds. The smallest absolute Gasteiger partial charge is 0.410 e. The van der Waals surface area contributed by atoms with Gasteiger partial charge in [-0.2, -0.15) is 5.10 Å². The van der Waals surface area contributed by atoms with Crippen LogP contribution in [0.2, 0.25) is 5.02 Å². The van der Waals surface area contributed by atoms with Crippen molar-refractivity contribution in [1.82, 2.24) is 14.7 Å². The van der Waals surface area contributed by atoms with E-state index in [2.05, 4.69) is 10.4 Å². The highest BCUT2D eigenvalue weighted by Gasteiger charge is 2.32. The topological polar surface area (TPSA) is 76.5 Å². The first-order valence-corrected chi connectivity index (χ1v) is 12.3. The fourth-order valence-electron chi connectivity index (χ4n) is 4.31. The number of likely N-dealkylation sites (tertiary alicyclic amines) is 1. The summed E-state index contributed by atoms with van der Waals surface area (Å²) >= 11 is 6.33. The number of halogens is 2. The van der Waals surface area contributed by atoms with E-state index in [4.69, 9.17) is 16.3 Å². The van der Waals surface area contributed by atoms with Gasteiger partial charge in [0, 0.05) is 19.0 Å². The molecule has 1 aliphatic rings. The predicted molar refractivity (Wildman–Crippen MR) is 137 cm³/mol. The Balaban J connectivity index is 1.63. The number of aryl methyl sites for hydroxylation is 1. The molecule has 0 radical (unpaired) electrons. The van der Waals surface area contributed by atoms with E-state index in [9.17, 15) is 14.0 Å². The van der Waals surface area contributed by atoms with E-state index in [1.54, 1.807) is 33.8 Å². The lowest BCUT2D eigenvalue weighted by Gasteiger charge is -2.34. The summed E-state index contributed by atoms with van der Waals surface area (Å²) in [5, 5.41) is 7.77. The van der Waals surface area contributed by atoms with E-state index < -0.39 is 11.4 Å². The van der Waals surface area contributed by atoms with Gasteiger partial charge in [0.1, 0.15) is 11.4 Å². The number of anilines is 1. The van der Waals surface area contributed by atoms with Crippen LogP contribution in [0.3, 0.4) is 0 Å². The summed E-state index contributed by atoms with van der Waals surface area (Å²) in [7, 11) is 0. The second-order valence-electron chi connectivity index (χ2n) is 10.0. The van der Waals surface area contributed by atoms with Gasteiger partial charge < -0.3 is 15.0 Å². The van der Waals surface area contributed by atoms with Crippen molar-refractivity contribution in [2.45, 2.75) is 52.1 Å². The molecule has 0 unspecified atom stereocenters. The zero-order chi connectivity index (χ0) is 26.0. The molecule has 3 aromatic rings. The number of hydrogen-bond acceptors (Lipinski definition) is 4. The average Bonchev–Trinajstić information content (AvgIpc) is 3.25. The van der Waals surface area contributed by atoms with Gasteiger partial charge in [-0.05, 0) is 76.4 Å². The number of rotatable bonds is 4. The third-order valence-electron chi connectivity index (χ3n) is 6.01. The van der Waals surface area contributed by atoms with Crippen LogP contribution in [0.25, 0.3) is 5.69 Å². The Kier molecular flexibility index (Phi) is 7.36. The minimum absolute atomic E-state index is 0.0799. The second kappa shape index (κ2) is 10.3. The van der Waals surface area contributed by atoms with Crippen molar-refractivity contribution in [1.29, 1.82) is 0 Å². The fourth-order valence-corrected chi connectivity index (χ4v) is 4.59. The molecule has 0 saturated carbocycles. The molecular weight excluding hydrogens is 483 g/mol. The first kappa shape index (κ1) is 25.7. The van der Waals surface area contributed by atoms with Crippen molar-refractivity contribution in [3.05, 3.63) is 76.3 Å². The van der Waals surface area contributed by atoms with E-state index >= 15 is 0 Å². The number of nitrogens with one attached hydrogen (secondary N) is 1. The lowest BCUT2D eigenvalue weighted by Crippen LogP contribution is -2.41. The van der Waals surface area contributed by atoms with E-state index in [0.717, 1.165) is 5.56 Å². The molecule has 2 aromatic carbocycles. The summed E-state index contributed by atoms with van der Waals surface area (Å²) in [6.45, 7) is 8.36. The first-order valence-electron chi connectivity index (χ1n) is 11.9. The number of piperidine rings is 1. The van der Waals surface area contributed by atoms with Crippen LogP contribution in [-0.2, 0) is 4.74 Å². The highest BCUT2D eigenvalue weighted by Crippen LogP contribution is 2.34. The lowest BCUT2D eigenvalue weighted by molar-refractivity contribution is 0.0203. The molecule has 0 bridgehead atoms. The van der Waals surface area contributed by atoms with Crippen LogP contribution >= 0.6 is 11.6 Å². The minimum atomic E-state index is -0.577. The molecule has 36 heavy (non-hydrogen) atoms. The summed E-state index contributed by atoms with van der Waals surface area (Å²) in [5.74, 6) is -0.831. The number of carbonyl (C=O) groups is 2. The van der Waals surface area contributed by atoms with Gasteiger partial charge in [-0.15, -0.1) is 0 Å². The highest BCUT2D eigenvalue weighted by atomic mass is 35.5. The minimum Gasteiger partial charge on any atom is -0.444 e. The SMILES string of the molecule is Cc1ccc(NC(=O)c2cnn(-c3cccc(F)c3)c2C2CCN(C(=O)OC(C)(C)C)CC2)c(Cl)c1. The highest BCUT2D eigenvalue weighted by molar-refractivity contribution is 6.34. The normalized spacial score (nSPS) is 14.6. The maximum Gasteiger partial charge on any atom is 0.410 e. The molecular formula is C27H30ClFN4O3. The number of amides is 2. The van der Waals surface area contributed by atoms with Gasteiger partial charge in [0.2, 0.25) is 0 Å². The molecule has 1 fully saturated rings. The number of carbonyl (C=O) groups excluding carboxylic acids is 2.